The van der Waals surface area contributed by atoms with E-state index in [9.17, 15) is 17.3 Å². The van der Waals surface area contributed by atoms with Crippen molar-refractivity contribution >= 4 is 18.9 Å². The van der Waals surface area contributed by atoms with Crippen molar-refractivity contribution in [2.45, 2.75) is 6.54 Å². The number of benzene rings is 4. The Morgan fingerprint density at radius 2 is 0.919 bits per heavy atom. The summed E-state index contributed by atoms with van der Waals surface area (Å²) < 4.78 is 41.4. The Labute approximate surface area is 218 Å². The van der Waals surface area contributed by atoms with Crippen LogP contribution in [0.1, 0.15) is 5.56 Å². The van der Waals surface area contributed by atoms with E-state index in [1.807, 2.05) is 12.1 Å². The van der Waals surface area contributed by atoms with Gasteiger partial charge in [0.2, 0.25) is 11.4 Å². The van der Waals surface area contributed by atoms with Crippen LogP contribution in [0, 0.1) is 0 Å². The molecule has 0 aliphatic heterocycles. The maximum absolute atomic E-state index is 9.75. The summed E-state index contributed by atoms with van der Waals surface area (Å²) in [6.45, 7) is 0.788. The summed E-state index contributed by atoms with van der Waals surface area (Å²) in [5.41, 5.74) is 8.33. The van der Waals surface area contributed by atoms with Gasteiger partial charge in [-0.25, -0.2) is 0 Å². The maximum Gasteiger partial charge on any atom is 0.673 e. The number of aromatic nitrogens is 1. The fourth-order valence-corrected chi connectivity index (χ4v) is 4.19. The molecular formula is C30H23BClF4N. The van der Waals surface area contributed by atoms with Crippen LogP contribution in [0.15, 0.2) is 127 Å². The van der Waals surface area contributed by atoms with Gasteiger partial charge in [-0.1, -0.05) is 90.5 Å². The SMILES string of the molecule is Clc1ccc(-c2cc(-c3ccccc3)[n+](Cc3ccccc3)c(-c3ccccc3)c2)cc1.F[B-](F)(F)F. The Hall–Kier alpha value is -3.90. The minimum Gasteiger partial charge on any atom is -0.418 e. The molecule has 5 rings (SSSR count). The molecule has 0 radical (unpaired) electrons. The molecule has 1 nitrogen and oxygen atoms in total. The molecule has 0 aliphatic rings. The van der Waals surface area contributed by atoms with Crippen molar-refractivity contribution in [3.05, 3.63) is 138 Å². The molecule has 0 saturated carbocycles. The highest BCUT2D eigenvalue weighted by Gasteiger charge is 2.23. The molecule has 1 aromatic heterocycles. The van der Waals surface area contributed by atoms with Gasteiger partial charge in [0, 0.05) is 33.8 Å². The Balaban J connectivity index is 0.000000586. The van der Waals surface area contributed by atoms with Gasteiger partial charge >= 0.3 is 7.25 Å². The summed E-state index contributed by atoms with van der Waals surface area (Å²) in [6.07, 6.45) is 0. The number of rotatable bonds is 5. The van der Waals surface area contributed by atoms with Gasteiger partial charge in [-0.2, -0.15) is 4.57 Å². The quantitative estimate of drug-likeness (QED) is 0.124. The third kappa shape index (κ3) is 7.54. The number of nitrogens with zero attached hydrogens (tertiary/aromatic N) is 1. The molecule has 0 saturated heterocycles. The zero-order valence-corrected chi connectivity index (χ0v) is 20.5. The van der Waals surface area contributed by atoms with Crippen LogP contribution in [-0.4, -0.2) is 7.25 Å². The third-order valence-electron chi connectivity index (χ3n) is 5.67. The molecule has 37 heavy (non-hydrogen) atoms. The first-order valence-electron chi connectivity index (χ1n) is 11.6. The van der Waals surface area contributed by atoms with Gasteiger partial charge < -0.3 is 17.3 Å². The highest BCUT2D eigenvalue weighted by Crippen LogP contribution is 2.30. The molecule has 0 atom stereocenters. The molecule has 7 heteroatoms. The third-order valence-corrected chi connectivity index (χ3v) is 5.92. The predicted octanol–water partition coefficient (Wildman–Crippen LogP) is 8.98. The summed E-state index contributed by atoms with van der Waals surface area (Å²) in [5, 5.41) is 0.746. The van der Waals surface area contributed by atoms with Crippen LogP contribution in [0.2, 0.25) is 5.02 Å². The van der Waals surface area contributed by atoms with Crippen LogP contribution in [0.4, 0.5) is 17.3 Å². The Kier molecular flexibility index (Phi) is 8.41. The molecule has 0 spiro atoms. The van der Waals surface area contributed by atoms with Crippen LogP contribution < -0.4 is 4.57 Å². The number of hydrogen-bond acceptors (Lipinski definition) is 0. The lowest BCUT2D eigenvalue weighted by molar-refractivity contribution is -0.666. The zero-order valence-electron chi connectivity index (χ0n) is 19.7. The highest BCUT2D eigenvalue weighted by molar-refractivity contribution is 6.50. The van der Waals surface area contributed by atoms with Gasteiger partial charge in [0.05, 0.1) is 0 Å². The van der Waals surface area contributed by atoms with E-state index >= 15 is 0 Å². The lowest BCUT2D eigenvalue weighted by Gasteiger charge is -2.13. The first kappa shape index (κ1) is 26.2. The lowest BCUT2D eigenvalue weighted by atomic mass is 9.98. The van der Waals surface area contributed by atoms with Gasteiger partial charge in [-0.3, -0.25) is 0 Å². The first-order valence-corrected chi connectivity index (χ1v) is 12.0. The second-order valence-electron chi connectivity index (χ2n) is 8.32. The van der Waals surface area contributed by atoms with E-state index in [0.29, 0.717) is 0 Å². The molecule has 0 bridgehead atoms. The second kappa shape index (κ2) is 11.9. The molecule has 0 N–H and O–H groups in total. The van der Waals surface area contributed by atoms with E-state index in [0.717, 1.165) is 17.1 Å². The number of pyridine rings is 1. The van der Waals surface area contributed by atoms with Gasteiger partial charge in [0.25, 0.3) is 0 Å². The minimum atomic E-state index is -6.00. The van der Waals surface area contributed by atoms with E-state index in [1.165, 1.54) is 33.6 Å². The van der Waals surface area contributed by atoms with Gasteiger partial charge in [-0.15, -0.1) is 0 Å². The van der Waals surface area contributed by atoms with Crippen molar-refractivity contribution in [3.63, 3.8) is 0 Å². The Morgan fingerprint density at radius 3 is 1.35 bits per heavy atom. The Morgan fingerprint density at radius 1 is 0.514 bits per heavy atom. The standard InChI is InChI=1S/C30H23ClN.BF4/c31-28-18-16-24(17-19-28)27-20-29(25-12-6-2-7-13-25)32(22-23-10-4-1-5-11-23)30(21-27)26-14-8-3-9-15-26;2-1(3,4)5/h1-21H,22H2;/q+1;-1. The van der Waals surface area contributed by atoms with E-state index in [1.54, 1.807) is 0 Å². The highest BCUT2D eigenvalue weighted by atomic mass is 35.5. The van der Waals surface area contributed by atoms with Crippen molar-refractivity contribution in [2.75, 3.05) is 0 Å². The van der Waals surface area contributed by atoms with Crippen molar-refractivity contribution in [3.8, 4) is 33.6 Å². The molecule has 0 fully saturated rings. The van der Waals surface area contributed by atoms with Crippen LogP contribution in [0.5, 0.6) is 0 Å². The van der Waals surface area contributed by atoms with Crippen molar-refractivity contribution < 1.29 is 21.8 Å². The van der Waals surface area contributed by atoms with Crippen molar-refractivity contribution in [1.82, 2.24) is 0 Å². The van der Waals surface area contributed by atoms with E-state index in [4.69, 9.17) is 11.6 Å². The topological polar surface area (TPSA) is 3.88 Å². The normalized spacial score (nSPS) is 10.9. The number of hydrogen-bond donors (Lipinski definition) is 0. The van der Waals surface area contributed by atoms with Crippen LogP contribution >= 0.6 is 11.6 Å². The van der Waals surface area contributed by atoms with Crippen LogP contribution in [0.3, 0.4) is 0 Å². The van der Waals surface area contributed by atoms with Crippen LogP contribution in [-0.2, 0) is 6.54 Å². The molecule has 186 valence electrons. The summed E-state index contributed by atoms with van der Waals surface area (Å²) in [7, 11) is -6.00. The van der Waals surface area contributed by atoms with Gasteiger partial charge in [0.1, 0.15) is 0 Å². The zero-order chi connectivity index (χ0) is 26.3. The molecule has 5 aromatic rings. The molecule has 0 unspecified atom stereocenters. The van der Waals surface area contributed by atoms with Crippen LogP contribution in [0.25, 0.3) is 33.6 Å². The smallest absolute Gasteiger partial charge is 0.418 e. The fraction of sp³-hybridized carbons (Fsp3) is 0.0333. The van der Waals surface area contributed by atoms with Crippen molar-refractivity contribution in [2.24, 2.45) is 0 Å². The molecule has 4 aromatic carbocycles. The largest absolute Gasteiger partial charge is 0.673 e. The summed E-state index contributed by atoms with van der Waals surface area (Å²) in [6, 6.07) is 44.5. The second-order valence-corrected chi connectivity index (χ2v) is 8.76. The average molecular weight is 520 g/mol. The average Bonchev–Trinajstić information content (AvgIpc) is 2.90. The molecule has 0 amide bonds. The monoisotopic (exact) mass is 519 g/mol. The van der Waals surface area contributed by atoms with E-state index in [2.05, 4.69) is 120 Å². The molecule has 1 heterocycles. The molecular weight excluding hydrogens is 497 g/mol. The number of halogens is 5. The maximum atomic E-state index is 9.75. The van der Waals surface area contributed by atoms with E-state index < -0.39 is 7.25 Å². The summed E-state index contributed by atoms with van der Waals surface area (Å²) in [4.78, 5) is 0. The van der Waals surface area contributed by atoms with E-state index in [-0.39, 0.29) is 0 Å². The lowest BCUT2D eigenvalue weighted by Crippen LogP contribution is -2.39. The summed E-state index contributed by atoms with van der Waals surface area (Å²) in [5.74, 6) is 0. The summed E-state index contributed by atoms with van der Waals surface area (Å²) >= 11 is 6.16. The fourth-order valence-electron chi connectivity index (χ4n) is 4.06. The van der Waals surface area contributed by atoms with Gasteiger partial charge in [-0.05, 0) is 47.5 Å². The van der Waals surface area contributed by atoms with Gasteiger partial charge in [0.15, 0.2) is 6.54 Å². The van der Waals surface area contributed by atoms with Crippen molar-refractivity contribution in [1.29, 1.82) is 0 Å². The Bertz CT molecular complexity index is 1360. The minimum absolute atomic E-state index is 0.746. The predicted molar refractivity (Wildman–Crippen MR) is 144 cm³/mol. The first-order chi connectivity index (χ1) is 17.8. The molecule has 0 aliphatic carbocycles.